The van der Waals surface area contributed by atoms with Crippen molar-refractivity contribution in [1.82, 2.24) is 9.13 Å². The summed E-state index contributed by atoms with van der Waals surface area (Å²) >= 11 is 0. The number of hydrogen-bond donors (Lipinski definition) is 0. The zero-order valence-electron chi connectivity index (χ0n) is 32.3. The van der Waals surface area contributed by atoms with Crippen molar-refractivity contribution in [2.24, 2.45) is 0 Å². The highest BCUT2D eigenvalue weighted by molar-refractivity contribution is 6.12. The molecule has 0 fully saturated rings. The van der Waals surface area contributed by atoms with Gasteiger partial charge in [0.2, 0.25) is 0 Å². The molecule has 0 aliphatic heterocycles. The first kappa shape index (κ1) is 33.5. The molecule has 1 aliphatic carbocycles. The van der Waals surface area contributed by atoms with Crippen molar-refractivity contribution < 1.29 is 0 Å². The van der Waals surface area contributed by atoms with Gasteiger partial charge in [-0.2, -0.15) is 0 Å². The molecule has 9 aromatic carbocycles. The number of aromatic nitrogens is 2. The maximum absolute atomic E-state index is 2.48. The fourth-order valence-corrected chi connectivity index (χ4v) is 10.0. The number of allylic oxidation sites excluding steroid dienone is 1. The van der Waals surface area contributed by atoms with Crippen LogP contribution in [0.3, 0.4) is 0 Å². The molecule has 2 aromatic heterocycles. The standard InChI is InChI=1S/C57H38N2/c1-4-19-38(20-5-1)44-29-18-30-49-54(55(39-21-6-2-7-22-39)56(57(44)49)40-23-8-3-9-24-40)41-35-42(58-50-31-14-10-25-45(50)46-26-11-15-32-51(46)58)37-43(36-41)59-52-33-16-12-27-47(52)48-28-13-17-34-53(48)59/h1-37,54H. The van der Waals surface area contributed by atoms with Crippen molar-refractivity contribution in [3.05, 3.63) is 252 Å². The second kappa shape index (κ2) is 13.5. The first-order valence-electron chi connectivity index (χ1n) is 20.5. The van der Waals surface area contributed by atoms with E-state index < -0.39 is 0 Å². The lowest BCUT2D eigenvalue weighted by molar-refractivity contribution is 1.04. The maximum Gasteiger partial charge on any atom is 0.0541 e. The molecule has 0 amide bonds. The second-order valence-electron chi connectivity index (χ2n) is 15.6. The predicted molar refractivity (Wildman–Crippen MR) is 248 cm³/mol. The van der Waals surface area contributed by atoms with Gasteiger partial charge in [0.25, 0.3) is 0 Å². The van der Waals surface area contributed by atoms with Crippen LogP contribution in [0.5, 0.6) is 0 Å². The SMILES string of the molecule is c1ccc(C2=C(c3ccccc3)C(c3cc(-n4c5ccccc5c5ccccc54)cc(-n4c5ccccc5c5ccccc54)c3)c3cccc(-c4ccccc4)c32)cc1. The average molecular weight is 751 g/mol. The van der Waals surface area contributed by atoms with Gasteiger partial charge in [0.15, 0.2) is 0 Å². The Hall–Kier alpha value is -7.68. The first-order valence-corrected chi connectivity index (χ1v) is 20.5. The average Bonchev–Trinajstić information content (AvgIpc) is 3.96. The number of nitrogens with zero attached hydrogens (tertiary/aromatic N) is 2. The molecule has 276 valence electrons. The third-order valence-corrected chi connectivity index (χ3v) is 12.4. The van der Waals surface area contributed by atoms with Crippen LogP contribution in [0.25, 0.3) is 77.3 Å². The molecule has 1 aliphatic rings. The van der Waals surface area contributed by atoms with Crippen molar-refractivity contribution in [2.45, 2.75) is 5.92 Å². The van der Waals surface area contributed by atoms with Gasteiger partial charge in [-0.3, -0.25) is 0 Å². The van der Waals surface area contributed by atoms with Crippen LogP contribution in [0.4, 0.5) is 0 Å². The van der Waals surface area contributed by atoms with Crippen molar-refractivity contribution >= 4 is 54.8 Å². The quantitative estimate of drug-likeness (QED) is 0.160. The minimum Gasteiger partial charge on any atom is -0.309 e. The molecule has 11 aromatic rings. The fourth-order valence-electron chi connectivity index (χ4n) is 10.0. The summed E-state index contributed by atoms with van der Waals surface area (Å²) < 4.78 is 4.96. The van der Waals surface area contributed by atoms with Crippen molar-refractivity contribution in [3.8, 4) is 22.5 Å². The summed E-state index contributed by atoms with van der Waals surface area (Å²) in [7, 11) is 0. The zero-order chi connectivity index (χ0) is 38.9. The van der Waals surface area contributed by atoms with Crippen molar-refractivity contribution in [1.29, 1.82) is 0 Å². The van der Waals surface area contributed by atoms with E-state index in [0.29, 0.717) is 0 Å². The summed E-state index contributed by atoms with van der Waals surface area (Å²) in [5.41, 5.74) is 18.4. The molecule has 0 spiro atoms. The molecule has 0 saturated carbocycles. The summed E-state index contributed by atoms with van der Waals surface area (Å²) in [6, 6.07) is 82.7. The summed E-state index contributed by atoms with van der Waals surface area (Å²) in [5, 5.41) is 5.01. The molecule has 2 heterocycles. The first-order chi connectivity index (χ1) is 29.3. The molecule has 59 heavy (non-hydrogen) atoms. The van der Waals surface area contributed by atoms with E-state index in [0.717, 1.165) is 11.4 Å². The summed E-state index contributed by atoms with van der Waals surface area (Å²) in [5.74, 6) is -0.0638. The largest absolute Gasteiger partial charge is 0.309 e. The Kier molecular flexibility index (Phi) is 7.64. The van der Waals surface area contributed by atoms with Crippen LogP contribution < -0.4 is 0 Å². The van der Waals surface area contributed by atoms with Crippen LogP contribution in [0.1, 0.15) is 33.7 Å². The van der Waals surface area contributed by atoms with Crippen LogP contribution in [-0.2, 0) is 0 Å². The number of hydrogen-bond acceptors (Lipinski definition) is 0. The smallest absolute Gasteiger partial charge is 0.0541 e. The van der Waals surface area contributed by atoms with Gasteiger partial charge in [-0.15, -0.1) is 0 Å². The molecule has 0 radical (unpaired) electrons. The van der Waals surface area contributed by atoms with Crippen LogP contribution in [0.15, 0.2) is 224 Å². The van der Waals surface area contributed by atoms with Gasteiger partial charge >= 0.3 is 0 Å². The van der Waals surface area contributed by atoms with Crippen LogP contribution >= 0.6 is 0 Å². The lowest BCUT2D eigenvalue weighted by atomic mass is 9.84. The molecular weight excluding hydrogens is 713 g/mol. The molecule has 1 atom stereocenters. The van der Waals surface area contributed by atoms with Gasteiger partial charge in [-0.05, 0) is 92.6 Å². The van der Waals surface area contributed by atoms with E-state index in [9.17, 15) is 0 Å². The van der Waals surface area contributed by atoms with E-state index in [1.165, 1.54) is 93.7 Å². The summed E-state index contributed by atoms with van der Waals surface area (Å²) in [6.45, 7) is 0. The molecular formula is C57H38N2. The Labute approximate surface area is 343 Å². The number of fused-ring (bicyclic) bond motifs is 7. The molecule has 2 nitrogen and oxygen atoms in total. The van der Waals surface area contributed by atoms with E-state index in [1.807, 2.05) is 0 Å². The highest BCUT2D eigenvalue weighted by Crippen LogP contribution is 2.55. The monoisotopic (exact) mass is 750 g/mol. The normalized spacial score (nSPS) is 13.9. The van der Waals surface area contributed by atoms with E-state index in [-0.39, 0.29) is 5.92 Å². The predicted octanol–water partition coefficient (Wildman–Crippen LogP) is 14.7. The Morgan fingerprint density at radius 2 is 0.729 bits per heavy atom. The molecule has 0 N–H and O–H groups in total. The van der Waals surface area contributed by atoms with Crippen LogP contribution in [0.2, 0.25) is 0 Å². The lowest BCUT2D eigenvalue weighted by Crippen LogP contribution is -2.06. The number of para-hydroxylation sites is 4. The minimum absolute atomic E-state index is 0.0638. The maximum atomic E-state index is 2.48. The third kappa shape index (κ3) is 5.20. The van der Waals surface area contributed by atoms with Crippen LogP contribution in [0, 0.1) is 0 Å². The fraction of sp³-hybridized carbons (Fsp3) is 0.0175. The Morgan fingerprint density at radius 3 is 1.20 bits per heavy atom. The van der Waals surface area contributed by atoms with E-state index in [4.69, 9.17) is 0 Å². The van der Waals surface area contributed by atoms with Gasteiger partial charge in [-0.25, -0.2) is 0 Å². The molecule has 1 unspecified atom stereocenters. The highest BCUT2D eigenvalue weighted by atomic mass is 15.0. The molecule has 12 rings (SSSR count). The number of rotatable bonds is 6. The second-order valence-corrected chi connectivity index (χ2v) is 15.6. The van der Waals surface area contributed by atoms with Gasteiger partial charge in [0.05, 0.1) is 22.1 Å². The lowest BCUT2D eigenvalue weighted by Gasteiger charge is -2.22. The van der Waals surface area contributed by atoms with E-state index in [2.05, 4.69) is 234 Å². The van der Waals surface area contributed by atoms with Gasteiger partial charge in [0, 0.05) is 38.8 Å². The molecule has 2 heteroatoms. The zero-order valence-corrected chi connectivity index (χ0v) is 32.3. The minimum atomic E-state index is -0.0638. The van der Waals surface area contributed by atoms with Gasteiger partial charge < -0.3 is 9.13 Å². The molecule has 0 bridgehead atoms. The Bertz CT molecular complexity index is 3180. The summed E-state index contributed by atoms with van der Waals surface area (Å²) in [4.78, 5) is 0. The Balaban J connectivity index is 1.23. The number of benzene rings is 9. The van der Waals surface area contributed by atoms with E-state index in [1.54, 1.807) is 0 Å². The topological polar surface area (TPSA) is 9.86 Å². The van der Waals surface area contributed by atoms with Crippen LogP contribution in [-0.4, -0.2) is 9.13 Å². The highest BCUT2D eigenvalue weighted by Gasteiger charge is 2.36. The van der Waals surface area contributed by atoms with Gasteiger partial charge in [-0.1, -0.05) is 182 Å². The molecule has 0 saturated heterocycles. The third-order valence-electron chi connectivity index (χ3n) is 12.4. The van der Waals surface area contributed by atoms with E-state index >= 15 is 0 Å². The van der Waals surface area contributed by atoms with Gasteiger partial charge in [0.1, 0.15) is 0 Å². The van der Waals surface area contributed by atoms with Crippen molar-refractivity contribution in [3.63, 3.8) is 0 Å². The van der Waals surface area contributed by atoms with Crippen molar-refractivity contribution in [2.75, 3.05) is 0 Å². The Morgan fingerprint density at radius 1 is 0.322 bits per heavy atom. The summed E-state index contributed by atoms with van der Waals surface area (Å²) in [6.07, 6.45) is 0.